The molecule has 0 spiro atoms. The second kappa shape index (κ2) is 6.37. The zero-order valence-corrected chi connectivity index (χ0v) is 11.8. The van der Waals surface area contributed by atoms with Crippen molar-refractivity contribution in [2.24, 2.45) is 5.73 Å². The van der Waals surface area contributed by atoms with Crippen molar-refractivity contribution in [3.63, 3.8) is 0 Å². The van der Waals surface area contributed by atoms with Gasteiger partial charge in [0.2, 0.25) is 0 Å². The number of nitrogens with zero attached hydrogens (tertiary/aromatic N) is 3. The summed E-state index contributed by atoms with van der Waals surface area (Å²) in [4.78, 5) is 11.6. The number of rotatable bonds is 6. The summed E-state index contributed by atoms with van der Waals surface area (Å²) >= 11 is 0. The topological polar surface area (TPSA) is 72.5 Å². The van der Waals surface area contributed by atoms with Crippen molar-refractivity contribution >= 4 is 0 Å². The van der Waals surface area contributed by atoms with Gasteiger partial charge in [0.25, 0.3) is 0 Å². The Balaban J connectivity index is 1.66. The van der Waals surface area contributed by atoms with Gasteiger partial charge in [0.15, 0.2) is 0 Å². The number of aryl methyl sites for hydroxylation is 2. The lowest BCUT2D eigenvalue weighted by Gasteiger charge is -2.15. The first-order valence-electron chi connectivity index (χ1n) is 7.13. The van der Waals surface area contributed by atoms with Crippen LogP contribution in [0.1, 0.15) is 29.5 Å². The second-order valence-electron chi connectivity index (χ2n) is 5.04. The highest BCUT2D eigenvalue weighted by Crippen LogP contribution is 2.19. The predicted molar refractivity (Wildman–Crippen MR) is 81.6 cm³/mol. The van der Waals surface area contributed by atoms with Gasteiger partial charge >= 0.3 is 0 Å². The number of imidazole rings is 2. The number of H-pyrrole nitrogens is 1. The van der Waals surface area contributed by atoms with Crippen molar-refractivity contribution in [1.29, 1.82) is 0 Å². The molecule has 0 aliphatic rings. The molecule has 0 bridgehead atoms. The zero-order chi connectivity index (χ0) is 14.5. The lowest BCUT2D eigenvalue weighted by atomic mass is 10.1. The maximum atomic E-state index is 6.35. The summed E-state index contributed by atoms with van der Waals surface area (Å²) in [7, 11) is 0. The van der Waals surface area contributed by atoms with Crippen molar-refractivity contribution in [1.82, 2.24) is 19.5 Å². The quantitative estimate of drug-likeness (QED) is 0.728. The summed E-state index contributed by atoms with van der Waals surface area (Å²) in [5, 5.41) is 0. The van der Waals surface area contributed by atoms with Crippen LogP contribution in [0.4, 0.5) is 0 Å². The largest absolute Gasteiger partial charge is 0.349 e. The van der Waals surface area contributed by atoms with Gasteiger partial charge in [-0.15, -0.1) is 0 Å². The van der Waals surface area contributed by atoms with E-state index in [9.17, 15) is 0 Å². The molecule has 0 saturated heterocycles. The monoisotopic (exact) mass is 281 g/mol. The maximum absolute atomic E-state index is 6.35. The molecule has 1 aromatic carbocycles. The SMILES string of the molecule is NC(c1ccccc1)c1cncn1CCCc1ncc[nH]1. The summed E-state index contributed by atoms with van der Waals surface area (Å²) in [6.07, 6.45) is 9.25. The van der Waals surface area contributed by atoms with Crippen molar-refractivity contribution in [3.05, 3.63) is 72.3 Å². The Labute approximate surface area is 123 Å². The maximum Gasteiger partial charge on any atom is 0.106 e. The molecule has 3 N–H and O–H groups in total. The minimum absolute atomic E-state index is 0.141. The van der Waals surface area contributed by atoms with Crippen molar-refractivity contribution in [2.45, 2.75) is 25.4 Å². The molecular formula is C16H19N5. The molecule has 3 aromatic rings. The molecule has 0 fully saturated rings. The summed E-state index contributed by atoms with van der Waals surface area (Å²) in [5.74, 6) is 1.02. The lowest BCUT2D eigenvalue weighted by molar-refractivity contribution is 0.594. The molecule has 2 aromatic heterocycles. The highest BCUT2D eigenvalue weighted by molar-refractivity contribution is 5.26. The van der Waals surface area contributed by atoms with Gasteiger partial charge < -0.3 is 15.3 Å². The van der Waals surface area contributed by atoms with E-state index < -0.39 is 0 Å². The molecule has 0 amide bonds. The zero-order valence-electron chi connectivity index (χ0n) is 11.8. The molecule has 108 valence electrons. The van der Waals surface area contributed by atoms with E-state index >= 15 is 0 Å². The van der Waals surface area contributed by atoms with Gasteiger partial charge in [0, 0.05) is 25.4 Å². The molecule has 1 unspecified atom stereocenters. The van der Waals surface area contributed by atoms with Crippen molar-refractivity contribution < 1.29 is 0 Å². The van der Waals surface area contributed by atoms with Gasteiger partial charge in [-0.2, -0.15) is 0 Å². The smallest absolute Gasteiger partial charge is 0.106 e. The van der Waals surface area contributed by atoms with E-state index in [2.05, 4.69) is 19.5 Å². The first-order chi connectivity index (χ1) is 10.3. The van der Waals surface area contributed by atoms with Crippen LogP contribution in [-0.4, -0.2) is 19.5 Å². The number of nitrogens with two attached hydrogens (primary N) is 1. The molecule has 5 nitrogen and oxygen atoms in total. The van der Waals surface area contributed by atoms with Gasteiger partial charge in [-0.3, -0.25) is 0 Å². The van der Waals surface area contributed by atoms with E-state index in [0.717, 1.165) is 36.5 Å². The van der Waals surface area contributed by atoms with Gasteiger partial charge in [0.05, 0.1) is 24.3 Å². The molecule has 0 aliphatic heterocycles. The highest BCUT2D eigenvalue weighted by atomic mass is 15.1. The molecule has 2 heterocycles. The Bertz CT molecular complexity index is 657. The fourth-order valence-electron chi connectivity index (χ4n) is 2.46. The molecule has 0 aliphatic carbocycles. The molecule has 3 rings (SSSR count). The second-order valence-corrected chi connectivity index (χ2v) is 5.04. The van der Waals surface area contributed by atoms with Crippen LogP contribution in [0.2, 0.25) is 0 Å². The first kappa shape index (κ1) is 13.6. The van der Waals surface area contributed by atoms with Crippen LogP contribution in [0.15, 0.2) is 55.2 Å². The van der Waals surface area contributed by atoms with Crippen molar-refractivity contribution in [2.75, 3.05) is 0 Å². The van der Waals surface area contributed by atoms with E-state index in [1.165, 1.54) is 0 Å². The standard InChI is InChI=1S/C16H19N5/c17-16(13-5-2-1-3-6-13)14-11-18-12-21(14)10-4-7-15-19-8-9-20-15/h1-3,5-6,8-9,11-12,16H,4,7,10,17H2,(H,19,20). The van der Waals surface area contributed by atoms with Crippen LogP contribution in [0.25, 0.3) is 0 Å². The highest BCUT2D eigenvalue weighted by Gasteiger charge is 2.13. The van der Waals surface area contributed by atoms with Gasteiger partial charge in [-0.1, -0.05) is 30.3 Å². The van der Waals surface area contributed by atoms with Crippen LogP contribution in [0, 0.1) is 0 Å². The third-order valence-electron chi connectivity index (χ3n) is 3.59. The van der Waals surface area contributed by atoms with Crippen LogP contribution < -0.4 is 5.73 Å². The lowest BCUT2D eigenvalue weighted by Crippen LogP contribution is -2.16. The normalized spacial score (nSPS) is 12.4. The fraction of sp³-hybridized carbons (Fsp3) is 0.250. The van der Waals surface area contributed by atoms with Gasteiger partial charge in [-0.25, -0.2) is 9.97 Å². The van der Waals surface area contributed by atoms with Crippen molar-refractivity contribution in [3.8, 4) is 0 Å². The number of nitrogens with one attached hydrogen (secondary N) is 1. The third kappa shape index (κ3) is 3.20. The Morgan fingerprint density at radius 1 is 1.24 bits per heavy atom. The average molecular weight is 281 g/mol. The van der Waals surface area contributed by atoms with E-state index in [1.807, 2.05) is 49.1 Å². The number of aromatic nitrogens is 4. The van der Waals surface area contributed by atoms with E-state index in [-0.39, 0.29) is 6.04 Å². The first-order valence-corrected chi connectivity index (χ1v) is 7.13. The van der Waals surface area contributed by atoms with Crippen LogP contribution >= 0.6 is 0 Å². The van der Waals surface area contributed by atoms with E-state index in [0.29, 0.717) is 0 Å². The molecule has 0 saturated carbocycles. The van der Waals surface area contributed by atoms with E-state index in [4.69, 9.17) is 5.73 Å². The fourth-order valence-corrected chi connectivity index (χ4v) is 2.46. The Kier molecular flexibility index (Phi) is 4.12. The minimum atomic E-state index is -0.141. The molecule has 1 atom stereocenters. The molecule has 5 heteroatoms. The predicted octanol–water partition coefficient (Wildman–Crippen LogP) is 2.29. The molecular weight excluding hydrogens is 262 g/mol. The summed E-state index contributed by atoms with van der Waals surface area (Å²) < 4.78 is 2.13. The number of benzene rings is 1. The average Bonchev–Trinajstić information content (AvgIpc) is 3.19. The van der Waals surface area contributed by atoms with Gasteiger partial charge in [-0.05, 0) is 12.0 Å². The Morgan fingerprint density at radius 2 is 2.10 bits per heavy atom. The number of hydrogen-bond donors (Lipinski definition) is 2. The number of aromatic amines is 1. The Hall–Kier alpha value is -2.40. The minimum Gasteiger partial charge on any atom is -0.349 e. The summed E-state index contributed by atoms with van der Waals surface area (Å²) in [6, 6.07) is 9.96. The Morgan fingerprint density at radius 3 is 2.86 bits per heavy atom. The third-order valence-corrected chi connectivity index (χ3v) is 3.59. The number of hydrogen-bond acceptors (Lipinski definition) is 3. The van der Waals surface area contributed by atoms with Gasteiger partial charge in [0.1, 0.15) is 5.82 Å². The van der Waals surface area contributed by atoms with Crippen LogP contribution in [0.5, 0.6) is 0 Å². The van der Waals surface area contributed by atoms with E-state index in [1.54, 1.807) is 6.20 Å². The molecule has 0 radical (unpaired) electrons. The van der Waals surface area contributed by atoms with Crippen LogP contribution in [-0.2, 0) is 13.0 Å². The van der Waals surface area contributed by atoms with Crippen LogP contribution in [0.3, 0.4) is 0 Å². The molecule has 21 heavy (non-hydrogen) atoms. The summed E-state index contributed by atoms with van der Waals surface area (Å²) in [5.41, 5.74) is 8.49. The summed E-state index contributed by atoms with van der Waals surface area (Å²) in [6.45, 7) is 0.885.